The van der Waals surface area contributed by atoms with Gasteiger partial charge in [-0.05, 0) is 19.4 Å². The molecule has 0 rings (SSSR count). The molecule has 0 heterocycles. The van der Waals surface area contributed by atoms with Crippen molar-refractivity contribution in [2.75, 3.05) is 19.7 Å². The topological polar surface area (TPSA) is 90.9 Å². The van der Waals surface area contributed by atoms with Gasteiger partial charge in [-0.1, -0.05) is 5.16 Å². The van der Waals surface area contributed by atoms with Crippen molar-refractivity contribution in [1.82, 2.24) is 5.32 Å². The molecule has 12 heavy (non-hydrogen) atoms. The number of aliphatic hydroxyl groups is 1. The molecule has 0 amide bonds. The second-order valence-corrected chi connectivity index (χ2v) is 2.52. The van der Waals surface area contributed by atoms with Gasteiger partial charge in [0.2, 0.25) is 0 Å². The Labute approximate surface area is 72.3 Å². The van der Waals surface area contributed by atoms with Crippen LogP contribution >= 0.6 is 0 Å². The minimum absolute atomic E-state index is 0.167. The van der Waals surface area contributed by atoms with Gasteiger partial charge < -0.3 is 21.4 Å². The van der Waals surface area contributed by atoms with Crippen LogP contribution in [-0.2, 0) is 0 Å². The molecule has 0 aromatic rings. The molecule has 5 nitrogen and oxygen atoms in total. The van der Waals surface area contributed by atoms with Crippen molar-refractivity contribution in [3.05, 3.63) is 0 Å². The normalized spacial score (nSPS) is 11.9. The van der Waals surface area contributed by atoms with Gasteiger partial charge in [0.15, 0.2) is 0 Å². The van der Waals surface area contributed by atoms with Gasteiger partial charge in [-0.15, -0.1) is 0 Å². The lowest BCUT2D eigenvalue weighted by Crippen LogP contribution is -2.20. The van der Waals surface area contributed by atoms with Crippen molar-refractivity contribution >= 4 is 5.84 Å². The van der Waals surface area contributed by atoms with E-state index < -0.39 is 0 Å². The summed E-state index contributed by atoms with van der Waals surface area (Å²) >= 11 is 0. The van der Waals surface area contributed by atoms with E-state index in [1.807, 2.05) is 0 Å². The molecule has 5 heteroatoms. The van der Waals surface area contributed by atoms with Crippen LogP contribution in [0.25, 0.3) is 0 Å². The molecule has 0 spiro atoms. The second kappa shape index (κ2) is 8.29. The quantitative estimate of drug-likeness (QED) is 0.138. The number of hydrogen-bond acceptors (Lipinski definition) is 4. The zero-order valence-corrected chi connectivity index (χ0v) is 7.16. The van der Waals surface area contributed by atoms with Crippen LogP contribution in [0.3, 0.4) is 0 Å². The molecule has 0 aliphatic rings. The Morgan fingerprint density at radius 2 is 2.08 bits per heavy atom. The van der Waals surface area contributed by atoms with Crippen molar-refractivity contribution in [2.24, 2.45) is 10.9 Å². The number of rotatable bonds is 7. The Bertz CT molecular complexity index is 128. The van der Waals surface area contributed by atoms with Crippen LogP contribution in [0.2, 0.25) is 0 Å². The first kappa shape index (κ1) is 11.2. The van der Waals surface area contributed by atoms with Crippen molar-refractivity contribution in [1.29, 1.82) is 0 Å². The van der Waals surface area contributed by atoms with Gasteiger partial charge in [0.05, 0.1) is 6.61 Å². The van der Waals surface area contributed by atoms with E-state index >= 15 is 0 Å². The average molecular weight is 175 g/mol. The fourth-order valence-electron chi connectivity index (χ4n) is 0.810. The minimum Gasteiger partial charge on any atom is -0.409 e. The summed E-state index contributed by atoms with van der Waals surface area (Å²) in [5.41, 5.74) is 5.25. The van der Waals surface area contributed by atoms with E-state index in [9.17, 15) is 0 Å². The smallest absolute Gasteiger partial charge is 0.139 e. The molecule has 0 atom stereocenters. The number of unbranched alkanes of at least 4 members (excludes halogenated alkanes) is 1. The third kappa shape index (κ3) is 7.30. The average Bonchev–Trinajstić information content (AvgIpc) is 2.10. The molecular formula is C7H17N3O2. The first-order valence-electron chi connectivity index (χ1n) is 4.09. The van der Waals surface area contributed by atoms with Crippen LogP contribution in [0.5, 0.6) is 0 Å². The highest BCUT2D eigenvalue weighted by atomic mass is 16.4. The zero-order chi connectivity index (χ0) is 9.23. The summed E-state index contributed by atoms with van der Waals surface area (Å²) in [4.78, 5) is 0. The van der Waals surface area contributed by atoms with Gasteiger partial charge in [-0.3, -0.25) is 0 Å². The highest BCUT2D eigenvalue weighted by Gasteiger charge is 1.92. The molecule has 0 fully saturated rings. The van der Waals surface area contributed by atoms with Crippen molar-refractivity contribution < 1.29 is 10.3 Å². The molecule has 0 aliphatic heterocycles. The maximum absolute atomic E-state index is 8.41. The third-order valence-electron chi connectivity index (χ3n) is 1.45. The molecule has 0 saturated carbocycles. The number of oxime groups is 1. The summed E-state index contributed by atoms with van der Waals surface area (Å²) in [6.45, 7) is 1.66. The Morgan fingerprint density at radius 3 is 2.67 bits per heavy atom. The lowest BCUT2D eigenvalue weighted by atomic mass is 10.2. The van der Waals surface area contributed by atoms with Gasteiger partial charge in [-0.2, -0.15) is 0 Å². The van der Waals surface area contributed by atoms with Crippen molar-refractivity contribution in [2.45, 2.75) is 19.3 Å². The van der Waals surface area contributed by atoms with Crippen molar-refractivity contribution in [3.63, 3.8) is 0 Å². The van der Waals surface area contributed by atoms with E-state index in [0.29, 0.717) is 13.0 Å². The molecule has 72 valence electrons. The van der Waals surface area contributed by atoms with Gasteiger partial charge in [0, 0.05) is 13.0 Å². The lowest BCUT2D eigenvalue weighted by molar-refractivity contribution is 0.292. The first-order chi connectivity index (χ1) is 5.81. The number of nitrogens with zero attached hydrogens (tertiary/aromatic N) is 1. The van der Waals surface area contributed by atoms with E-state index in [2.05, 4.69) is 10.5 Å². The number of aliphatic hydroxyl groups excluding tert-OH is 1. The molecule has 0 radical (unpaired) electrons. The molecule has 0 bridgehead atoms. The Hall–Kier alpha value is -0.810. The van der Waals surface area contributed by atoms with Crippen LogP contribution in [0.1, 0.15) is 19.3 Å². The summed E-state index contributed by atoms with van der Waals surface area (Å²) in [5.74, 6) is 0.275. The zero-order valence-electron chi connectivity index (χ0n) is 7.16. The lowest BCUT2D eigenvalue weighted by Gasteiger charge is -2.01. The third-order valence-corrected chi connectivity index (χ3v) is 1.45. The van der Waals surface area contributed by atoms with Gasteiger partial charge >= 0.3 is 0 Å². The SMILES string of the molecule is NC(CCCCNCCO)=NO. The fraction of sp³-hybridized carbons (Fsp3) is 0.857. The number of hydrogen-bond donors (Lipinski definition) is 4. The molecule has 0 aromatic carbocycles. The largest absolute Gasteiger partial charge is 0.409 e. The summed E-state index contributed by atoms with van der Waals surface area (Å²) in [6, 6.07) is 0. The second-order valence-electron chi connectivity index (χ2n) is 2.52. The van der Waals surface area contributed by atoms with Crippen LogP contribution in [0.15, 0.2) is 5.16 Å². The summed E-state index contributed by atoms with van der Waals surface area (Å²) in [7, 11) is 0. The molecule has 0 aromatic heterocycles. The Kier molecular flexibility index (Phi) is 7.73. The number of amidine groups is 1. The predicted molar refractivity (Wildman–Crippen MR) is 47.2 cm³/mol. The van der Waals surface area contributed by atoms with Gasteiger partial charge in [0.1, 0.15) is 5.84 Å². The molecular weight excluding hydrogens is 158 g/mol. The maximum atomic E-state index is 8.41. The van der Waals surface area contributed by atoms with E-state index in [1.165, 1.54) is 0 Å². The van der Waals surface area contributed by atoms with Crippen molar-refractivity contribution in [3.8, 4) is 0 Å². The highest BCUT2D eigenvalue weighted by molar-refractivity contribution is 5.79. The predicted octanol–water partition coefficient (Wildman–Crippen LogP) is -0.515. The summed E-state index contributed by atoms with van der Waals surface area (Å²) in [6.07, 6.45) is 2.49. The molecule has 0 unspecified atom stereocenters. The van der Waals surface area contributed by atoms with Crippen LogP contribution in [-0.4, -0.2) is 35.8 Å². The summed E-state index contributed by atoms with van der Waals surface area (Å²) < 4.78 is 0. The van der Waals surface area contributed by atoms with Crippen LogP contribution < -0.4 is 11.1 Å². The van der Waals surface area contributed by atoms with E-state index in [0.717, 1.165) is 19.4 Å². The number of nitrogens with one attached hydrogen (secondary N) is 1. The van der Waals surface area contributed by atoms with Gasteiger partial charge in [-0.25, -0.2) is 0 Å². The van der Waals surface area contributed by atoms with E-state index in [1.54, 1.807) is 0 Å². The van der Waals surface area contributed by atoms with Crippen LogP contribution in [0, 0.1) is 0 Å². The van der Waals surface area contributed by atoms with E-state index in [-0.39, 0.29) is 12.4 Å². The fourth-order valence-corrected chi connectivity index (χ4v) is 0.810. The Balaban J connectivity index is 3.00. The molecule has 5 N–H and O–H groups in total. The van der Waals surface area contributed by atoms with Crippen LogP contribution in [0.4, 0.5) is 0 Å². The monoisotopic (exact) mass is 175 g/mol. The standard InChI is InChI=1S/C7H17N3O2/c8-7(10-12)3-1-2-4-9-5-6-11/h9,11-12H,1-6H2,(H2,8,10). The Morgan fingerprint density at radius 1 is 1.33 bits per heavy atom. The van der Waals surface area contributed by atoms with Gasteiger partial charge in [0.25, 0.3) is 0 Å². The van der Waals surface area contributed by atoms with E-state index in [4.69, 9.17) is 16.0 Å². The number of nitrogens with two attached hydrogens (primary N) is 1. The maximum Gasteiger partial charge on any atom is 0.139 e. The molecule has 0 saturated heterocycles. The first-order valence-corrected chi connectivity index (χ1v) is 4.09. The minimum atomic E-state index is 0.167. The molecule has 0 aliphatic carbocycles. The summed E-state index contributed by atoms with van der Waals surface area (Å²) in [5, 5.41) is 22.5. The highest BCUT2D eigenvalue weighted by Crippen LogP contribution is 1.93.